The van der Waals surface area contributed by atoms with Crippen LogP contribution in [0.25, 0.3) is 0 Å². The van der Waals surface area contributed by atoms with Crippen molar-refractivity contribution in [2.24, 2.45) is 5.41 Å². The maximum Gasteiger partial charge on any atom is 0.337 e. The maximum atomic E-state index is 14.5. The highest BCUT2D eigenvalue weighted by Crippen LogP contribution is 2.47. The van der Waals surface area contributed by atoms with Crippen molar-refractivity contribution in [3.63, 3.8) is 0 Å². The minimum absolute atomic E-state index is 0.268. The van der Waals surface area contributed by atoms with Gasteiger partial charge in [-0.25, -0.2) is 9.18 Å². The lowest BCUT2D eigenvalue weighted by Gasteiger charge is -2.45. The van der Waals surface area contributed by atoms with E-state index >= 15 is 0 Å². The Morgan fingerprint density at radius 3 is 2.88 bits per heavy atom. The average Bonchev–Trinajstić information content (AvgIpc) is 3.13. The summed E-state index contributed by atoms with van der Waals surface area (Å²) in [7, 11) is 1.33. The Labute approximate surface area is 142 Å². The molecule has 24 heavy (non-hydrogen) atoms. The van der Waals surface area contributed by atoms with Gasteiger partial charge in [0.2, 0.25) is 0 Å². The number of methoxy groups -OCH3 is 1. The summed E-state index contributed by atoms with van der Waals surface area (Å²) in [4.78, 5) is 14.3. The fourth-order valence-electron chi connectivity index (χ4n) is 4.85. The van der Waals surface area contributed by atoms with Gasteiger partial charge in [0.25, 0.3) is 0 Å². The van der Waals surface area contributed by atoms with Crippen LogP contribution in [0, 0.1) is 11.2 Å². The minimum atomic E-state index is -0.471. The number of nitrogens with zero attached hydrogens (tertiary/aromatic N) is 1. The van der Waals surface area contributed by atoms with E-state index in [1.54, 1.807) is 0 Å². The molecule has 2 saturated heterocycles. The van der Waals surface area contributed by atoms with Crippen LogP contribution < -0.4 is 5.32 Å². The Hall–Kier alpha value is -1.46. The Morgan fingerprint density at radius 1 is 1.46 bits per heavy atom. The van der Waals surface area contributed by atoms with Crippen molar-refractivity contribution in [2.75, 3.05) is 20.2 Å². The molecule has 1 aromatic carbocycles. The SMILES string of the molecule is CC[C@H]1Cc2c(F)cc(C(=O)OC)cc2CN1CC12CNC(C1)C2. The number of nitrogens with one attached hydrogen (secondary N) is 1. The van der Waals surface area contributed by atoms with Crippen LogP contribution in [0.1, 0.15) is 47.7 Å². The first-order chi connectivity index (χ1) is 11.5. The molecular weight excluding hydrogens is 307 g/mol. The first kappa shape index (κ1) is 16.0. The van der Waals surface area contributed by atoms with Crippen LogP contribution in [0.5, 0.6) is 0 Å². The summed E-state index contributed by atoms with van der Waals surface area (Å²) in [5.74, 6) is -0.739. The highest BCUT2D eigenvalue weighted by molar-refractivity contribution is 5.89. The highest BCUT2D eigenvalue weighted by Gasteiger charge is 2.51. The third-order valence-corrected chi connectivity index (χ3v) is 6.17. The molecule has 2 bridgehead atoms. The fraction of sp³-hybridized carbons (Fsp3) is 0.632. The lowest BCUT2D eigenvalue weighted by Crippen LogP contribution is -2.49. The van der Waals surface area contributed by atoms with E-state index in [4.69, 9.17) is 4.74 Å². The third-order valence-electron chi connectivity index (χ3n) is 6.17. The van der Waals surface area contributed by atoms with Crippen molar-refractivity contribution in [3.05, 3.63) is 34.6 Å². The molecule has 130 valence electrons. The Bertz CT molecular complexity index is 664. The Morgan fingerprint density at radius 2 is 2.25 bits per heavy atom. The molecule has 0 radical (unpaired) electrons. The third kappa shape index (κ3) is 2.54. The first-order valence-electron chi connectivity index (χ1n) is 8.90. The zero-order chi connectivity index (χ0) is 16.9. The molecule has 4 aliphatic rings. The summed E-state index contributed by atoms with van der Waals surface area (Å²) in [6.45, 7) is 5.08. The summed E-state index contributed by atoms with van der Waals surface area (Å²) in [5.41, 5.74) is 2.44. The highest BCUT2D eigenvalue weighted by atomic mass is 19.1. The van der Waals surface area contributed by atoms with E-state index in [9.17, 15) is 9.18 Å². The van der Waals surface area contributed by atoms with Gasteiger partial charge in [-0.1, -0.05) is 6.92 Å². The molecule has 1 aliphatic carbocycles. The maximum absolute atomic E-state index is 14.5. The molecule has 0 aromatic heterocycles. The standard InChI is InChI=1S/C19H25FN2O2/c1-3-15-6-16-13(4-12(5-17(16)20)18(23)24-2)9-22(15)11-19-7-14(8-19)21-10-19/h4-5,14-15,21H,3,6-11H2,1-2H3/t14?,15-,19?/m0/s1. The number of ether oxygens (including phenoxy) is 1. The smallest absolute Gasteiger partial charge is 0.337 e. The zero-order valence-electron chi connectivity index (χ0n) is 14.4. The fourth-order valence-corrected chi connectivity index (χ4v) is 4.85. The van der Waals surface area contributed by atoms with Crippen LogP contribution in [0.2, 0.25) is 0 Å². The van der Waals surface area contributed by atoms with Gasteiger partial charge in [-0.15, -0.1) is 0 Å². The van der Waals surface area contributed by atoms with Crippen LogP contribution in [-0.2, 0) is 17.7 Å². The largest absolute Gasteiger partial charge is 0.465 e. The van der Waals surface area contributed by atoms with E-state index in [1.165, 1.54) is 26.0 Å². The number of rotatable bonds is 4. The monoisotopic (exact) mass is 332 g/mol. The molecule has 1 aromatic rings. The second kappa shape index (κ2) is 5.81. The van der Waals surface area contributed by atoms with Crippen LogP contribution in [0.4, 0.5) is 4.39 Å². The molecule has 5 heteroatoms. The van der Waals surface area contributed by atoms with Crippen molar-refractivity contribution in [1.29, 1.82) is 0 Å². The second-order valence-electron chi connectivity index (χ2n) is 7.74. The van der Waals surface area contributed by atoms with Gasteiger partial charge in [0.15, 0.2) is 0 Å². The van der Waals surface area contributed by atoms with E-state index in [0.29, 0.717) is 23.1 Å². The molecular formula is C19H25FN2O2. The number of hydrogen-bond acceptors (Lipinski definition) is 4. The molecule has 0 unspecified atom stereocenters. The molecule has 5 rings (SSSR count). The molecule has 1 atom stereocenters. The van der Waals surface area contributed by atoms with Gasteiger partial charge >= 0.3 is 5.97 Å². The summed E-state index contributed by atoms with van der Waals surface area (Å²) in [6.07, 6.45) is 4.28. The zero-order valence-corrected chi connectivity index (χ0v) is 14.4. The molecule has 3 heterocycles. The number of halogens is 1. The summed E-state index contributed by atoms with van der Waals surface area (Å²) in [5, 5.41) is 3.57. The minimum Gasteiger partial charge on any atom is -0.465 e. The number of carbonyl (C=O) groups is 1. The van der Waals surface area contributed by atoms with Gasteiger partial charge < -0.3 is 10.1 Å². The Balaban J connectivity index is 1.60. The van der Waals surface area contributed by atoms with Crippen molar-refractivity contribution in [2.45, 2.75) is 51.2 Å². The number of fused-ring (bicyclic) bond motifs is 2. The molecule has 0 spiro atoms. The molecule has 3 fully saturated rings. The average molecular weight is 332 g/mol. The normalized spacial score (nSPS) is 31.5. The van der Waals surface area contributed by atoms with E-state index in [-0.39, 0.29) is 5.82 Å². The van der Waals surface area contributed by atoms with Gasteiger partial charge in [0.1, 0.15) is 5.82 Å². The predicted octanol–water partition coefficient (Wildman–Crippen LogP) is 2.50. The summed E-state index contributed by atoms with van der Waals surface area (Å²) in [6, 6.07) is 4.23. The van der Waals surface area contributed by atoms with E-state index in [0.717, 1.165) is 43.6 Å². The van der Waals surface area contributed by atoms with Gasteiger partial charge in [-0.2, -0.15) is 0 Å². The van der Waals surface area contributed by atoms with Gasteiger partial charge in [-0.05, 0) is 54.4 Å². The van der Waals surface area contributed by atoms with Crippen molar-refractivity contribution in [3.8, 4) is 0 Å². The second-order valence-corrected chi connectivity index (χ2v) is 7.74. The first-order valence-corrected chi connectivity index (χ1v) is 8.90. The number of hydrogen-bond donors (Lipinski definition) is 1. The van der Waals surface area contributed by atoms with Crippen LogP contribution in [-0.4, -0.2) is 43.2 Å². The van der Waals surface area contributed by atoms with Crippen molar-refractivity contribution >= 4 is 5.97 Å². The molecule has 3 aliphatic heterocycles. The van der Waals surface area contributed by atoms with Crippen LogP contribution >= 0.6 is 0 Å². The quantitative estimate of drug-likeness (QED) is 0.860. The topological polar surface area (TPSA) is 41.6 Å². The summed E-state index contributed by atoms with van der Waals surface area (Å²) < 4.78 is 19.3. The van der Waals surface area contributed by atoms with E-state index < -0.39 is 5.97 Å². The van der Waals surface area contributed by atoms with E-state index in [2.05, 4.69) is 17.1 Å². The Kier molecular flexibility index (Phi) is 3.88. The lowest BCUT2D eigenvalue weighted by atomic mass is 9.69. The van der Waals surface area contributed by atoms with E-state index in [1.807, 2.05) is 6.07 Å². The molecule has 4 nitrogen and oxygen atoms in total. The van der Waals surface area contributed by atoms with Crippen molar-refractivity contribution in [1.82, 2.24) is 10.2 Å². The van der Waals surface area contributed by atoms with Gasteiger partial charge in [0, 0.05) is 31.7 Å². The molecule has 1 N–H and O–H groups in total. The van der Waals surface area contributed by atoms with Crippen LogP contribution in [0.3, 0.4) is 0 Å². The predicted molar refractivity (Wildman–Crippen MR) is 89.4 cm³/mol. The number of benzene rings is 1. The van der Waals surface area contributed by atoms with Crippen molar-refractivity contribution < 1.29 is 13.9 Å². The lowest BCUT2D eigenvalue weighted by molar-refractivity contribution is 0.0591. The molecule has 1 saturated carbocycles. The van der Waals surface area contributed by atoms with Crippen LogP contribution in [0.15, 0.2) is 12.1 Å². The van der Waals surface area contributed by atoms with Gasteiger partial charge in [-0.3, -0.25) is 4.90 Å². The number of esters is 1. The van der Waals surface area contributed by atoms with Gasteiger partial charge in [0.05, 0.1) is 12.7 Å². The number of carbonyl (C=O) groups excluding carboxylic acids is 1. The molecule has 0 amide bonds. The summed E-state index contributed by atoms with van der Waals surface area (Å²) >= 11 is 0.